The number of ether oxygens (including phenoxy) is 1. The summed E-state index contributed by atoms with van der Waals surface area (Å²) in [6, 6.07) is 7.24. The molecule has 2 amide bonds. The number of phenols is 1. The van der Waals surface area contributed by atoms with Gasteiger partial charge < -0.3 is 14.9 Å². The number of imide groups is 1. The summed E-state index contributed by atoms with van der Waals surface area (Å²) in [5, 5.41) is 20.0. The molecule has 0 spiro atoms. The summed E-state index contributed by atoms with van der Waals surface area (Å²) in [6.07, 6.45) is 3.39. The van der Waals surface area contributed by atoms with Crippen molar-refractivity contribution in [3.8, 4) is 11.5 Å². The van der Waals surface area contributed by atoms with Crippen molar-refractivity contribution >= 4 is 82.8 Å². The van der Waals surface area contributed by atoms with Crippen molar-refractivity contribution in [3.63, 3.8) is 0 Å². The number of hydrogen-bond donors (Lipinski definition) is 2. The van der Waals surface area contributed by atoms with E-state index in [1.807, 2.05) is 6.08 Å². The number of phenolic OH excluding ortho intramolecular Hbond substituents is 1. The Morgan fingerprint density at radius 2 is 1.76 bits per heavy atom. The highest BCUT2D eigenvalue weighted by Gasteiger charge is 2.57. The quantitative estimate of drug-likeness (QED) is 0.234. The standard InChI is InChI=1S/C30H20Br3NO8/c1-42-20-9-16(24(32)25(33)27(20)37)21-13-5-6-14-22(15(13)8-17-23(21)19(35)10-18(31)26(17)36)29(39)34(28(14)38)12-4-2-3-11(7-12)30(40)41/h2-5,7,9-10,14-15,21-22,37H,6,8H2,1H3,(H,40,41). The van der Waals surface area contributed by atoms with Crippen LogP contribution in [0.5, 0.6) is 11.5 Å². The molecule has 2 N–H and O–H groups in total. The van der Waals surface area contributed by atoms with Crippen molar-refractivity contribution in [2.45, 2.75) is 18.8 Å². The summed E-state index contributed by atoms with van der Waals surface area (Å²) in [7, 11) is 1.39. The molecule has 0 saturated carbocycles. The molecule has 1 heterocycles. The zero-order chi connectivity index (χ0) is 30.2. The van der Waals surface area contributed by atoms with E-state index in [4.69, 9.17) is 4.74 Å². The number of hydrogen-bond acceptors (Lipinski definition) is 7. The number of fused-ring (bicyclic) bond motifs is 3. The number of carboxylic acid groups (broad SMARTS) is 1. The monoisotopic (exact) mass is 759 g/mol. The molecule has 2 aromatic rings. The number of allylic oxidation sites excluding steroid dienone is 6. The molecule has 0 aromatic heterocycles. The predicted octanol–water partition coefficient (Wildman–Crippen LogP) is 5.59. The molecule has 4 atom stereocenters. The Morgan fingerprint density at radius 3 is 2.45 bits per heavy atom. The third kappa shape index (κ3) is 4.17. The molecule has 42 heavy (non-hydrogen) atoms. The topological polar surface area (TPSA) is 138 Å². The Labute approximate surface area is 264 Å². The minimum atomic E-state index is -1.19. The van der Waals surface area contributed by atoms with Crippen LogP contribution in [0.15, 0.2) is 72.6 Å². The summed E-state index contributed by atoms with van der Waals surface area (Å²) in [5.74, 6) is -5.81. The summed E-state index contributed by atoms with van der Waals surface area (Å²) in [5.41, 5.74) is 1.88. The number of carbonyl (C=O) groups is 5. The molecule has 12 heteroatoms. The van der Waals surface area contributed by atoms with Gasteiger partial charge in [-0.1, -0.05) is 17.7 Å². The Balaban J connectivity index is 1.52. The van der Waals surface area contributed by atoms with Crippen LogP contribution in [0.4, 0.5) is 5.69 Å². The molecule has 1 fully saturated rings. The zero-order valence-corrected chi connectivity index (χ0v) is 26.4. The lowest BCUT2D eigenvalue weighted by atomic mass is 9.59. The third-order valence-corrected chi connectivity index (χ3v) is 11.1. The zero-order valence-electron chi connectivity index (χ0n) is 21.7. The molecule has 1 saturated heterocycles. The average molecular weight is 762 g/mol. The van der Waals surface area contributed by atoms with Gasteiger partial charge in [0.15, 0.2) is 23.1 Å². The number of nitrogens with zero attached hydrogens (tertiary/aromatic N) is 1. The maximum Gasteiger partial charge on any atom is 0.335 e. The molecule has 2 aromatic carbocycles. The molecule has 1 aliphatic heterocycles. The Hall–Kier alpha value is -3.35. The summed E-state index contributed by atoms with van der Waals surface area (Å²) < 4.78 is 6.22. The lowest BCUT2D eigenvalue weighted by Gasteiger charge is -2.42. The number of aromatic carboxylic acids is 1. The van der Waals surface area contributed by atoms with E-state index in [0.717, 1.165) is 4.90 Å². The van der Waals surface area contributed by atoms with E-state index in [1.165, 1.54) is 37.5 Å². The molecule has 0 radical (unpaired) electrons. The maximum atomic E-state index is 14.0. The number of rotatable bonds is 4. The van der Waals surface area contributed by atoms with E-state index >= 15 is 0 Å². The van der Waals surface area contributed by atoms with Crippen LogP contribution in [0.25, 0.3) is 0 Å². The minimum Gasteiger partial charge on any atom is -0.503 e. The van der Waals surface area contributed by atoms with E-state index in [2.05, 4.69) is 47.8 Å². The van der Waals surface area contributed by atoms with E-state index in [9.17, 15) is 34.2 Å². The molecular formula is C30H20Br3NO8. The first-order valence-corrected chi connectivity index (χ1v) is 15.2. The van der Waals surface area contributed by atoms with Gasteiger partial charge >= 0.3 is 5.97 Å². The number of anilines is 1. The van der Waals surface area contributed by atoms with Crippen molar-refractivity contribution in [2.24, 2.45) is 17.8 Å². The fourth-order valence-corrected chi connectivity index (χ4v) is 7.97. The van der Waals surface area contributed by atoms with Crippen LogP contribution in [-0.2, 0) is 19.2 Å². The van der Waals surface area contributed by atoms with Crippen LogP contribution in [-0.4, -0.2) is 46.7 Å². The van der Waals surface area contributed by atoms with E-state index in [0.29, 0.717) is 20.1 Å². The molecule has 6 rings (SSSR count). The van der Waals surface area contributed by atoms with Gasteiger partial charge in [-0.05, 0) is 96.4 Å². The number of halogens is 3. The van der Waals surface area contributed by atoms with Crippen LogP contribution >= 0.6 is 47.8 Å². The van der Waals surface area contributed by atoms with Crippen molar-refractivity contribution in [1.82, 2.24) is 0 Å². The second kappa shape index (κ2) is 10.4. The third-order valence-electron chi connectivity index (χ3n) is 8.39. The first-order chi connectivity index (χ1) is 20.0. The Morgan fingerprint density at radius 1 is 1.02 bits per heavy atom. The van der Waals surface area contributed by atoms with Crippen molar-refractivity contribution in [2.75, 3.05) is 12.0 Å². The van der Waals surface area contributed by atoms with Gasteiger partial charge in [0, 0.05) is 27.6 Å². The van der Waals surface area contributed by atoms with Crippen LogP contribution in [0.2, 0.25) is 0 Å². The molecule has 3 aliphatic carbocycles. The second-order valence-corrected chi connectivity index (χ2v) is 12.8. The summed E-state index contributed by atoms with van der Waals surface area (Å²) in [4.78, 5) is 67.3. The fourth-order valence-electron chi connectivity index (χ4n) is 6.57. The van der Waals surface area contributed by atoms with Crippen molar-refractivity contribution in [1.29, 1.82) is 0 Å². The Kier molecular flexibility index (Phi) is 7.14. The largest absolute Gasteiger partial charge is 0.503 e. The first-order valence-electron chi connectivity index (χ1n) is 12.8. The molecule has 4 unspecified atom stereocenters. The Bertz CT molecular complexity index is 1760. The average Bonchev–Trinajstić information content (AvgIpc) is 3.23. The highest BCUT2D eigenvalue weighted by Crippen LogP contribution is 2.58. The number of carbonyl (C=O) groups excluding carboxylic acids is 4. The van der Waals surface area contributed by atoms with Gasteiger partial charge in [-0.2, -0.15) is 0 Å². The van der Waals surface area contributed by atoms with Gasteiger partial charge in [0.25, 0.3) is 0 Å². The fraction of sp³-hybridized carbons (Fsp3) is 0.233. The van der Waals surface area contributed by atoms with Gasteiger partial charge in [0.1, 0.15) is 0 Å². The normalized spacial score (nSPS) is 25.1. The highest BCUT2D eigenvalue weighted by atomic mass is 79.9. The van der Waals surface area contributed by atoms with Gasteiger partial charge in [-0.15, -0.1) is 0 Å². The number of aromatic hydroxyl groups is 1. The van der Waals surface area contributed by atoms with Crippen molar-refractivity contribution < 1.29 is 38.9 Å². The van der Waals surface area contributed by atoms with Crippen LogP contribution in [0, 0.1) is 17.8 Å². The lowest BCUT2D eigenvalue weighted by molar-refractivity contribution is -0.123. The lowest BCUT2D eigenvalue weighted by Crippen LogP contribution is -2.39. The van der Waals surface area contributed by atoms with Gasteiger partial charge in [-0.25, -0.2) is 4.79 Å². The number of carboxylic acids is 1. The maximum absolute atomic E-state index is 14.0. The van der Waals surface area contributed by atoms with Gasteiger partial charge in [-0.3, -0.25) is 24.1 Å². The van der Waals surface area contributed by atoms with E-state index in [1.54, 1.807) is 6.07 Å². The number of ketones is 2. The van der Waals surface area contributed by atoms with E-state index < -0.39 is 41.5 Å². The van der Waals surface area contributed by atoms with Crippen molar-refractivity contribution in [3.05, 3.63) is 83.8 Å². The second-order valence-electron chi connectivity index (χ2n) is 10.4. The molecule has 0 bridgehead atoms. The minimum absolute atomic E-state index is 0.0611. The van der Waals surface area contributed by atoms with Crippen LogP contribution < -0.4 is 9.64 Å². The predicted molar refractivity (Wildman–Crippen MR) is 161 cm³/mol. The first kappa shape index (κ1) is 28.8. The molecule has 214 valence electrons. The molecular weight excluding hydrogens is 742 g/mol. The molecule has 9 nitrogen and oxygen atoms in total. The smallest absolute Gasteiger partial charge is 0.335 e. The van der Waals surface area contributed by atoms with E-state index in [-0.39, 0.29) is 62.8 Å². The summed E-state index contributed by atoms with van der Waals surface area (Å²) in [6.45, 7) is 0. The number of benzene rings is 2. The number of Topliss-reactive ketones (excluding diaryl/α,β-unsaturated/α-hetero) is 1. The number of methoxy groups -OCH3 is 1. The summed E-state index contributed by atoms with van der Waals surface area (Å²) >= 11 is 10.1. The van der Waals surface area contributed by atoms with Gasteiger partial charge in [0.2, 0.25) is 11.8 Å². The molecule has 4 aliphatic rings. The van der Waals surface area contributed by atoms with Crippen LogP contribution in [0.1, 0.15) is 34.7 Å². The van der Waals surface area contributed by atoms with Gasteiger partial charge in [0.05, 0.1) is 39.2 Å². The van der Waals surface area contributed by atoms with Crippen LogP contribution in [0.3, 0.4) is 0 Å². The SMILES string of the molecule is COc1cc(C2C3=CCC4C(=O)N(c5cccc(C(=O)O)c5)C(=O)C4C3CC3=C2C(=O)C=C(Br)C3=O)c(Br)c(Br)c1O. The highest BCUT2D eigenvalue weighted by molar-refractivity contribution is 9.13. The number of amides is 2.